The average molecular weight is 359 g/mol. The second kappa shape index (κ2) is 7.26. The second-order valence-electron chi connectivity index (χ2n) is 5.48. The Labute approximate surface area is 146 Å². The summed E-state index contributed by atoms with van der Waals surface area (Å²) in [6.07, 6.45) is 3.19. The van der Waals surface area contributed by atoms with E-state index in [0.29, 0.717) is 11.4 Å². The van der Waals surface area contributed by atoms with Crippen LogP contribution in [0.4, 0.5) is 8.78 Å². The standard InChI is InChI=1S/C17H15F2N5O2/c1-23-15(11-4-3-7-20-10-11)22-24(17(23)26)9-8-21-16(25)14-12(18)5-2-6-13(14)19/h2-7,10H,8-9H2,1H3,(H,21,25). The Morgan fingerprint density at radius 2 is 1.92 bits per heavy atom. The smallest absolute Gasteiger partial charge is 0.345 e. The van der Waals surface area contributed by atoms with Crippen LogP contribution in [-0.2, 0) is 13.6 Å². The molecule has 0 bridgehead atoms. The normalized spacial score (nSPS) is 10.7. The molecule has 3 aromatic rings. The number of halogens is 2. The number of hydrogen-bond donors (Lipinski definition) is 1. The van der Waals surface area contributed by atoms with Gasteiger partial charge < -0.3 is 5.32 Å². The third kappa shape index (κ3) is 3.37. The second-order valence-corrected chi connectivity index (χ2v) is 5.48. The highest BCUT2D eigenvalue weighted by Crippen LogP contribution is 2.13. The Balaban J connectivity index is 1.71. The van der Waals surface area contributed by atoms with Crippen LogP contribution in [0.3, 0.4) is 0 Å². The maximum absolute atomic E-state index is 13.6. The number of rotatable bonds is 5. The monoisotopic (exact) mass is 359 g/mol. The number of carbonyl (C=O) groups is 1. The first-order valence-corrected chi connectivity index (χ1v) is 7.75. The minimum atomic E-state index is -0.948. The molecule has 0 atom stereocenters. The molecule has 26 heavy (non-hydrogen) atoms. The zero-order valence-electron chi connectivity index (χ0n) is 13.8. The molecule has 2 aromatic heterocycles. The predicted molar refractivity (Wildman–Crippen MR) is 89.4 cm³/mol. The van der Waals surface area contributed by atoms with Crippen molar-refractivity contribution in [2.75, 3.05) is 6.54 Å². The van der Waals surface area contributed by atoms with E-state index in [0.717, 1.165) is 12.1 Å². The molecular formula is C17H15F2N5O2. The van der Waals surface area contributed by atoms with Gasteiger partial charge in [-0.2, -0.15) is 0 Å². The molecule has 9 heteroatoms. The molecule has 0 saturated carbocycles. The summed E-state index contributed by atoms with van der Waals surface area (Å²) in [6, 6.07) is 6.67. The largest absolute Gasteiger partial charge is 0.350 e. The van der Waals surface area contributed by atoms with E-state index in [9.17, 15) is 18.4 Å². The van der Waals surface area contributed by atoms with Crippen LogP contribution in [0, 0.1) is 11.6 Å². The number of hydrogen-bond acceptors (Lipinski definition) is 4. The molecule has 0 fully saturated rings. The first kappa shape index (κ1) is 17.5. The number of carbonyl (C=O) groups excluding carboxylic acids is 1. The van der Waals surface area contributed by atoms with Gasteiger partial charge in [0.25, 0.3) is 5.91 Å². The van der Waals surface area contributed by atoms with Gasteiger partial charge in [0, 0.05) is 31.5 Å². The van der Waals surface area contributed by atoms with Crippen molar-refractivity contribution < 1.29 is 13.6 Å². The fourth-order valence-corrected chi connectivity index (χ4v) is 2.46. The number of benzene rings is 1. The Morgan fingerprint density at radius 1 is 1.19 bits per heavy atom. The lowest BCUT2D eigenvalue weighted by Gasteiger charge is -2.06. The van der Waals surface area contributed by atoms with E-state index < -0.39 is 23.1 Å². The molecule has 0 unspecified atom stereocenters. The van der Waals surface area contributed by atoms with Gasteiger partial charge in [0.15, 0.2) is 5.82 Å². The summed E-state index contributed by atoms with van der Waals surface area (Å²) in [7, 11) is 1.57. The molecule has 0 radical (unpaired) electrons. The quantitative estimate of drug-likeness (QED) is 0.746. The molecule has 0 aliphatic heterocycles. The number of nitrogens with zero attached hydrogens (tertiary/aromatic N) is 4. The summed E-state index contributed by atoms with van der Waals surface area (Å²) >= 11 is 0. The third-order valence-corrected chi connectivity index (χ3v) is 3.76. The molecule has 2 heterocycles. The molecule has 1 amide bonds. The highest BCUT2D eigenvalue weighted by atomic mass is 19.1. The van der Waals surface area contributed by atoms with Crippen molar-refractivity contribution in [2.45, 2.75) is 6.54 Å². The van der Waals surface area contributed by atoms with E-state index in [4.69, 9.17) is 0 Å². The summed E-state index contributed by atoms with van der Waals surface area (Å²) in [6.45, 7) is 0.0325. The van der Waals surface area contributed by atoms with E-state index in [1.54, 1.807) is 31.6 Å². The molecule has 134 valence electrons. The van der Waals surface area contributed by atoms with Crippen molar-refractivity contribution in [3.8, 4) is 11.4 Å². The van der Waals surface area contributed by atoms with Gasteiger partial charge in [-0.15, -0.1) is 5.10 Å². The van der Waals surface area contributed by atoms with E-state index in [-0.39, 0.29) is 18.8 Å². The zero-order valence-corrected chi connectivity index (χ0v) is 13.8. The summed E-state index contributed by atoms with van der Waals surface area (Å²) in [5.41, 5.74) is -0.365. The van der Waals surface area contributed by atoms with Crippen molar-refractivity contribution in [3.63, 3.8) is 0 Å². The fourth-order valence-electron chi connectivity index (χ4n) is 2.46. The van der Waals surface area contributed by atoms with Crippen LogP contribution in [0.25, 0.3) is 11.4 Å². The van der Waals surface area contributed by atoms with Crippen molar-refractivity contribution in [1.82, 2.24) is 24.6 Å². The predicted octanol–water partition coefficient (Wildman–Crippen LogP) is 1.35. The van der Waals surface area contributed by atoms with Gasteiger partial charge in [-0.3, -0.25) is 14.3 Å². The summed E-state index contributed by atoms with van der Waals surface area (Å²) in [5.74, 6) is -2.36. The Kier molecular flexibility index (Phi) is 4.87. The number of aromatic nitrogens is 4. The highest BCUT2D eigenvalue weighted by molar-refractivity contribution is 5.94. The van der Waals surface area contributed by atoms with E-state index >= 15 is 0 Å². The Morgan fingerprint density at radius 3 is 2.58 bits per heavy atom. The Bertz CT molecular complexity index is 978. The maximum Gasteiger partial charge on any atom is 0.345 e. The highest BCUT2D eigenvalue weighted by Gasteiger charge is 2.17. The zero-order chi connectivity index (χ0) is 18.7. The van der Waals surface area contributed by atoms with Crippen LogP contribution in [-0.4, -0.2) is 31.8 Å². The van der Waals surface area contributed by atoms with Gasteiger partial charge in [0.05, 0.1) is 6.54 Å². The van der Waals surface area contributed by atoms with Crippen LogP contribution in [0.2, 0.25) is 0 Å². The van der Waals surface area contributed by atoms with Crippen molar-refractivity contribution >= 4 is 5.91 Å². The summed E-state index contributed by atoms with van der Waals surface area (Å²) in [5, 5.41) is 6.60. The average Bonchev–Trinajstić information content (AvgIpc) is 2.91. The van der Waals surface area contributed by atoms with E-state index in [1.165, 1.54) is 15.3 Å². The molecule has 3 rings (SSSR count). The van der Waals surface area contributed by atoms with Gasteiger partial charge in [0.1, 0.15) is 17.2 Å². The van der Waals surface area contributed by atoms with Gasteiger partial charge in [-0.05, 0) is 24.3 Å². The molecule has 1 aromatic carbocycles. The lowest BCUT2D eigenvalue weighted by Crippen LogP contribution is -2.32. The van der Waals surface area contributed by atoms with Gasteiger partial charge in [0.2, 0.25) is 0 Å². The SMILES string of the molecule is Cn1c(-c2cccnc2)nn(CCNC(=O)c2c(F)cccc2F)c1=O. The lowest BCUT2D eigenvalue weighted by molar-refractivity contribution is 0.0943. The van der Waals surface area contributed by atoms with Crippen LogP contribution >= 0.6 is 0 Å². The molecule has 0 aliphatic rings. The minimum Gasteiger partial charge on any atom is -0.350 e. The van der Waals surface area contributed by atoms with Crippen molar-refractivity contribution in [3.05, 3.63) is 70.4 Å². The van der Waals surface area contributed by atoms with E-state index in [1.807, 2.05) is 0 Å². The molecule has 7 nitrogen and oxygen atoms in total. The van der Waals surface area contributed by atoms with Crippen molar-refractivity contribution in [2.24, 2.45) is 7.05 Å². The van der Waals surface area contributed by atoms with Gasteiger partial charge in [-0.25, -0.2) is 18.3 Å². The molecule has 0 spiro atoms. The van der Waals surface area contributed by atoms with Crippen molar-refractivity contribution in [1.29, 1.82) is 0 Å². The lowest BCUT2D eigenvalue weighted by atomic mass is 10.2. The first-order valence-electron chi connectivity index (χ1n) is 7.75. The molecule has 0 aliphatic carbocycles. The minimum absolute atomic E-state index is 0.0178. The van der Waals surface area contributed by atoms with Crippen LogP contribution in [0.1, 0.15) is 10.4 Å². The van der Waals surface area contributed by atoms with Gasteiger partial charge >= 0.3 is 5.69 Å². The Hall–Kier alpha value is -3.36. The fraction of sp³-hybridized carbons (Fsp3) is 0.176. The van der Waals surface area contributed by atoms with Gasteiger partial charge in [-0.1, -0.05) is 6.07 Å². The van der Waals surface area contributed by atoms with Crippen LogP contribution < -0.4 is 11.0 Å². The number of pyridine rings is 1. The topological polar surface area (TPSA) is 81.8 Å². The van der Waals surface area contributed by atoms with Crippen LogP contribution in [0.15, 0.2) is 47.5 Å². The van der Waals surface area contributed by atoms with Crippen LogP contribution in [0.5, 0.6) is 0 Å². The third-order valence-electron chi connectivity index (χ3n) is 3.76. The maximum atomic E-state index is 13.6. The first-order chi connectivity index (χ1) is 12.5. The number of nitrogens with one attached hydrogen (secondary N) is 1. The molecule has 1 N–H and O–H groups in total. The molecular weight excluding hydrogens is 344 g/mol. The molecule has 0 saturated heterocycles. The summed E-state index contributed by atoms with van der Waals surface area (Å²) < 4.78 is 29.7. The summed E-state index contributed by atoms with van der Waals surface area (Å²) in [4.78, 5) is 28.2. The van der Waals surface area contributed by atoms with E-state index in [2.05, 4.69) is 15.4 Å². The number of amides is 1.